The molecule has 0 saturated carbocycles. The third kappa shape index (κ3) is 2.80. The van der Waals surface area contributed by atoms with E-state index >= 15 is 0 Å². The van der Waals surface area contributed by atoms with Crippen molar-refractivity contribution in [3.05, 3.63) is 35.6 Å². The van der Waals surface area contributed by atoms with E-state index in [-0.39, 0.29) is 5.82 Å². The minimum atomic E-state index is -0.0738. The zero-order chi connectivity index (χ0) is 9.68. The maximum Gasteiger partial charge on any atom is 0.126 e. The summed E-state index contributed by atoms with van der Waals surface area (Å²) < 4.78 is 13.3. The van der Waals surface area contributed by atoms with Gasteiger partial charge in [0.05, 0.1) is 0 Å². The lowest BCUT2D eigenvalue weighted by atomic mass is 9.94. The minimum Gasteiger partial charge on any atom is -0.207 e. The second-order valence-corrected chi connectivity index (χ2v) is 3.90. The molecule has 0 N–H and O–H groups in total. The Kier molecular flexibility index (Phi) is 4.43. The van der Waals surface area contributed by atoms with Crippen molar-refractivity contribution in [2.24, 2.45) is 0 Å². The average Bonchev–Trinajstić information content (AvgIpc) is 2.16. The van der Waals surface area contributed by atoms with Crippen molar-refractivity contribution in [2.45, 2.75) is 25.7 Å². The van der Waals surface area contributed by atoms with Gasteiger partial charge < -0.3 is 0 Å². The molecule has 13 heavy (non-hydrogen) atoms. The van der Waals surface area contributed by atoms with Gasteiger partial charge in [-0.15, -0.1) is 0 Å². The fourth-order valence-corrected chi connectivity index (χ4v) is 2.07. The van der Waals surface area contributed by atoms with Crippen molar-refractivity contribution < 1.29 is 4.39 Å². The molecule has 0 amide bonds. The summed E-state index contributed by atoms with van der Waals surface area (Å²) in [5.41, 5.74) is 0.851. The Hall–Kier alpha value is -0.370. The molecule has 2 heteroatoms. The van der Waals surface area contributed by atoms with Crippen LogP contribution in [0.2, 0.25) is 0 Å². The Morgan fingerprint density at radius 1 is 1.38 bits per heavy atom. The lowest BCUT2D eigenvalue weighted by Gasteiger charge is -2.14. The SMILES string of the molecule is CCC(CCBr)c1ccccc1F. The molecule has 72 valence electrons. The monoisotopic (exact) mass is 244 g/mol. The lowest BCUT2D eigenvalue weighted by molar-refractivity contribution is 0.561. The Labute approximate surface area is 87.3 Å². The van der Waals surface area contributed by atoms with E-state index < -0.39 is 0 Å². The van der Waals surface area contributed by atoms with Crippen molar-refractivity contribution >= 4 is 15.9 Å². The molecule has 1 atom stereocenters. The summed E-state index contributed by atoms with van der Waals surface area (Å²) in [6.45, 7) is 2.10. The maximum absolute atomic E-state index is 13.3. The zero-order valence-corrected chi connectivity index (χ0v) is 9.35. The van der Waals surface area contributed by atoms with Crippen LogP contribution in [0.4, 0.5) is 4.39 Å². The summed E-state index contributed by atoms with van der Waals surface area (Å²) in [5, 5.41) is 0.930. The molecule has 0 aliphatic rings. The Bertz CT molecular complexity index is 260. The second-order valence-electron chi connectivity index (χ2n) is 3.10. The van der Waals surface area contributed by atoms with Gasteiger partial charge >= 0.3 is 0 Å². The van der Waals surface area contributed by atoms with E-state index in [4.69, 9.17) is 0 Å². The third-order valence-corrected chi connectivity index (χ3v) is 2.75. The fourth-order valence-electron chi connectivity index (χ4n) is 1.52. The number of alkyl halides is 1. The van der Waals surface area contributed by atoms with Crippen LogP contribution in [0.1, 0.15) is 31.2 Å². The van der Waals surface area contributed by atoms with E-state index in [1.165, 1.54) is 6.07 Å². The van der Waals surface area contributed by atoms with Crippen LogP contribution in [0.15, 0.2) is 24.3 Å². The van der Waals surface area contributed by atoms with E-state index in [2.05, 4.69) is 22.9 Å². The first kappa shape index (κ1) is 10.7. The van der Waals surface area contributed by atoms with Crippen molar-refractivity contribution in [1.82, 2.24) is 0 Å². The van der Waals surface area contributed by atoms with Crippen LogP contribution < -0.4 is 0 Å². The molecule has 0 nitrogen and oxygen atoms in total. The highest BCUT2D eigenvalue weighted by Crippen LogP contribution is 2.25. The topological polar surface area (TPSA) is 0 Å². The predicted molar refractivity (Wildman–Crippen MR) is 57.8 cm³/mol. The zero-order valence-electron chi connectivity index (χ0n) is 7.76. The van der Waals surface area contributed by atoms with E-state index in [9.17, 15) is 4.39 Å². The van der Waals surface area contributed by atoms with Gasteiger partial charge in [-0.3, -0.25) is 0 Å². The molecule has 0 fully saturated rings. The lowest BCUT2D eigenvalue weighted by Crippen LogP contribution is -2.00. The molecule has 0 aromatic heterocycles. The molecule has 1 aromatic carbocycles. The van der Waals surface area contributed by atoms with Gasteiger partial charge in [0, 0.05) is 5.33 Å². The molecule has 0 aliphatic heterocycles. The van der Waals surface area contributed by atoms with Gasteiger partial charge in [-0.2, -0.15) is 0 Å². The summed E-state index contributed by atoms with van der Waals surface area (Å²) in [4.78, 5) is 0. The first-order chi connectivity index (χ1) is 6.29. The third-order valence-electron chi connectivity index (χ3n) is 2.30. The van der Waals surface area contributed by atoms with Gasteiger partial charge in [0.2, 0.25) is 0 Å². The molecule has 1 aromatic rings. The molecular weight excluding hydrogens is 231 g/mol. The quantitative estimate of drug-likeness (QED) is 0.700. The largest absolute Gasteiger partial charge is 0.207 e. The molecule has 0 spiro atoms. The van der Waals surface area contributed by atoms with Gasteiger partial charge in [-0.1, -0.05) is 41.1 Å². The maximum atomic E-state index is 13.3. The summed E-state index contributed by atoms with van der Waals surface area (Å²) in [6.07, 6.45) is 1.99. The van der Waals surface area contributed by atoms with Gasteiger partial charge in [-0.25, -0.2) is 4.39 Å². The Morgan fingerprint density at radius 2 is 2.08 bits per heavy atom. The normalized spacial score (nSPS) is 12.8. The minimum absolute atomic E-state index is 0.0738. The number of halogens is 2. The molecule has 0 radical (unpaired) electrons. The van der Waals surface area contributed by atoms with E-state index in [0.29, 0.717) is 5.92 Å². The van der Waals surface area contributed by atoms with Crippen LogP contribution in [0.3, 0.4) is 0 Å². The van der Waals surface area contributed by atoms with Gasteiger partial charge in [0.1, 0.15) is 5.82 Å². The van der Waals surface area contributed by atoms with Gasteiger partial charge in [0.25, 0.3) is 0 Å². The molecular formula is C11H14BrF. The Morgan fingerprint density at radius 3 is 2.62 bits per heavy atom. The van der Waals surface area contributed by atoms with Crippen LogP contribution in [-0.2, 0) is 0 Å². The molecule has 0 aliphatic carbocycles. The smallest absolute Gasteiger partial charge is 0.126 e. The van der Waals surface area contributed by atoms with Crippen molar-refractivity contribution in [2.75, 3.05) is 5.33 Å². The van der Waals surface area contributed by atoms with Crippen LogP contribution in [0, 0.1) is 5.82 Å². The van der Waals surface area contributed by atoms with Crippen LogP contribution in [0.5, 0.6) is 0 Å². The number of rotatable bonds is 4. The molecule has 0 bridgehead atoms. The van der Waals surface area contributed by atoms with Crippen molar-refractivity contribution in [1.29, 1.82) is 0 Å². The first-order valence-electron chi connectivity index (χ1n) is 4.60. The molecule has 0 saturated heterocycles. The van der Waals surface area contributed by atoms with Gasteiger partial charge in [0.15, 0.2) is 0 Å². The summed E-state index contributed by atoms with van der Waals surface area (Å²) in [7, 11) is 0. The second kappa shape index (κ2) is 5.38. The van der Waals surface area contributed by atoms with Crippen molar-refractivity contribution in [3.63, 3.8) is 0 Å². The highest BCUT2D eigenvalue weighted by Gasteiger charge is 2.11. The van der Waals surface area contributed by atoms with E-state index in [1.807, 2.05) is 12.1 Å². The number of benzene rings is 1. The van der Waals surface area contributed by atoms with Crippen molar-refractivity contribution in [3.8, 4) is 0 Å². The predicted octanol–water partition coefficient (Wildman–Crippen LogP) is 4.10. The van der Waals surface area contributed by atoms with E-state index in [1.54, 1.807) is 6.07 Å². The number of hydrogen-bond donors (Lipinski definition) is 0. The van der Waals surface area contributed by atoms with Crippen LogP contribution in [0.25, 0.3) is 0 Å². The molecule has 1 rings (SSSR count). The highest BCUT2D eigenvalue weighted by molar-refractivity contribution is 9.09. The summed E-state index contributed by atoms with van der Waals surface area (Å²) in [5.74, 6) is 0.274. The fraction of sp³-hybridized carbons (Fsp3) is 0.455. The van der Waals surface area contributed by atoms with E-state index in [0.717, 1.165) is 23.7 Å². The molecule has 0 heterocycles. The molecule has 1 unspecified atom stereocenters. The number of hydrogen-bond acceptors (Lipinski definition) is 0. The van der Waals surface area contributed by atoms with Crippen LogP contribution in [-0.4, -0.2) is 5.33 Å². The summed E-state index contributed by atoms with van der Waals surface area (Å²) >= 11 is 3.39. The Balaban J connectivity index is 2.84. The average molecular weight is 245 g/mol. The first-order valence-corrected chi connectivity index (χ1v) is 5.72. The standard InChI is InChI=1S/C11H14BrF/c1-2-9(7-8-12)10-5-3-4-6-11(10)13/h3-6,9H,2,7-8H2,1H3. The summed E-state index contributed by atoms with van der Waals surface area (Å²) in [6, 6.07) is 7.05. The highest BCUT2D eigenvalue weighted by atomic mass is 79.9. The van der Waals surface area contributed by atoms with Gasteiger partial charge in [-0.05, 0) is 30.4 Å². The van der Waals surface area contributed by atoms with Crippen LogP contribution >= 0.6 is 15.9 Å².